The molecule has 1 N–H and O–H groups in total. The average Bonchev–Trinajstić information content (AvgIpc) is 2.95. The van der Waals surface area contributed by atoms with Gasteiger partial charge >= 0.3 is 0 Å². The van der Waals surface area contributed by atoms with Crippen LogP contribution in [0.5, 0.6) is 5.75 Å². The van der Waals surface area contributed by atoms with Crippen molar-refractivity contribution in [1.82, 2.24) is 9.38 Å². The Morgan fingerprint density at radius 1 is 1.36 bits per heavy atom. The molecule has 6 nitrogen and oxygen atoms in total. The van der Waals surface area contributed by atoms with E-state index in [4.69, 9.17) is 4.74 Å². The molecule has 0 spiro atoms. The van der Waals surface area contributed by atoms with Crippen LogP contribution in [0, 0.1) is 0 Å². The molecule has 0 aliphatic carbocycles. The molecule has 1 amide bonds. The van der Waals surface area contributed by atoms with E-state index in [9.17, 15) is 9.59 Å². The number of nitrogens with one attached hydrogen (secondary N) is 1. The zero-order valence-corrected chi connectivity index (χ0v) is 12.6. The van der Waals surface area contributed by atoms with E-state index >= 15 is 0 Å². The highest BCUT2D eigenvalue weighted by atomic mass is 32.1. The summed E-state index contributed by atoms with van der Waals surface area (Å²) < 4.78 is 7.11. The monoisotopic (exact) mass is 315 g/mol. The SMILES string of the molecule is CC(=O)Nc1ccc(OCc2cc(=O)n3ccsc3n2)cc1. The first-order chi connectivity index (χ1) is 10.6. The summed E-state index contributed by atoms with van der Waals surface area (Å²) in [5.74, 6) is 0.518. The second-order valence-electron chi connectivity index (χ2n) is 4.64. The van der Waals surface area contributed by atoms with Crippen LogP contribution in [0.2, 0.25) is 0 Å². The molecule has 2 aromatic heterocycles. The first kappa shape index (κ1) is 14.3. The third-order valence-corrected chi connectivity index (χ3v) is 3.67. The number of aromatic nitrogens is 2. The highest BCUT2D eigenvalue weighted by Gasteiger charge is 2.04. The minimum Gasteiger partial charge on any atom is -0.487 e. The van der Waals surface area contributed by atoms with Crippen molar-refractivity contribution in [2.24, 2.45) is 0 Å². The van der Waals surface area contributed by atoms with Gasteiger partial charge in [0.15, 0.2) is 4.96 Å². The number of carbonyl (C=O) groups is 1. The van der Waals surface area contributed by atoms with Crippen LogP contribution in [-0.4, -0.2) is 15.3 Å². The molecule has 0 bridgehead atoms. The zero-order chi connectivity index (χ0) is 15.5. The highest BCUT2D eigenvalue weighted by molar-refractivity contribution is 7.15. The van der Waals surface area contributed by atoms with Gasteiger partial charge in [-0.3, -0.25) is 14.0 Å². The van der Waals surface area contributed by atoms with Crippen molar-refractivity contribution in [2.75, 3.05) is 5.32 Å². The van der Waals surface area contributed by atoms with E-state index in [0.717, 1.165) is 0 Å². The van der Waals surface area contributed by atoms with Gasteiger partial charge in [0, 0.05) is 30.3 Å². The van der Waals surface area contributed by atoms with E-state index in [0.29, 0.717) is 22.1 Å². The van der Waals surface area contributed by atoms with Crippen LogP contribution in [0.1, 0.15) is 12.6 Å². The van der Waals surface area contributed by atoms with E-state index < -0.39 is 0 Å². The summed E-state index contributed by atoms with van der Waals surface area (Å²) in [6.45, 7) is 1.67. The van der Waals surface area contributed by atoms with Crippen molar-refractivity contribution in [1.29, 1.82) is 0 Å². The van der Waals surface area contributed by atoms with Crippen LogP contribution in [-0.2, 0) is 11.4 Å². The standard InChI is InChI=1S/C15H13N3O3S/c1-10(19)16-11-2-4-13(5-3-11)21-9-12-8-14(20)18-6-7-22-15(18)17-12/h2-8H,9H2,1H3,(H,16,19). The number of benzene rings is 1. The molecule has 112 valence electrons. The fourth-order valence-corrected chi connectivity index (χ4v) is 2.70. The van der Waals surface area contributed by atoms with Crippen molar-refractivity contribution in [3.05, 3.63) is 58.0 Å². The Morgan fingerprint density at radius 3 is 2.86 bits per heavy atom. The minimum absolute atomic E-state index is 0.120. The van der Waals surface area contributed by atoms with Crippen molar-refractivity contribution in [3.63, 3.8) is 0 Å². The largest absolute Gasteiger partial charge is 0.487 e. The normalized spacial score (nSPS) is 10.6. The van der Waals surface area contributed by atoms with Crippen LogP contribution in [0.25, 0.3) is 4.96 Å². The van der Waals surface area contributed by atoms with Crippen LogP contribution in [0.3, 0.4) is 0 Å². The molecule has 22 heavy (non-hydrogen) atoms. The van der Waals surface area contributed by atoms with Gasteiger partial charge in [-0.25, -0.2) is 4.98 Å². The Bertz CT molecular complexity index is 868. The maximum absolute atomic E-state index is 11.9. The van der Waals surface area contributed by atoms with E-state index in [-0.39, 0.29) is 18.1 Å². The number of amides is 1. The van der Waals surface area contributed by atoms with Gasteiger partial charge < -0.3 is 10.1 Å². The van der Waals surface area contributed by atoms with Gasteiger partial charge in [0.05, 0.1) is 5.69 Å². The molecule has 7 heteroatoms. The maximum atomic E-state index is 11.9. The van der Waals surface area contributed by atoms with Gasteiger partial charge in [-0.1, -0.05) is 0 Å². The second-order valence-corrected chi connectivity index (χ2v) is 5.51. The zero-order valence-electron chi connectivity index (χ0n) is 11.8. The quantitative estimate of drug-likeness (QED) is 0.802. The molecule has 3 aromatic rings. The number of ether oxygens (including phenoxy) is 1. The lowest BCUT2D eigenvalue weighted by Crippen LogP contribution is -2.14. The van der Waals surface area contributed by atoms with Crippen molar-refractivity contribution >= 4 is 27.9 Å². The molecule has 2 heterocycles. The Morgan fingerprint density at radius 2 is 2.14 bits per heavy atom. The summed E-state index contributed by atoms with van der Waals surface area (Å²) in [5.41, 5.74) is 1.17. The van der Waals surface area contributed by atoms with Crippen LogP contribution in [0.4, 0.5) is 5.69 Å². The van der Waals surface area contributed by atoms with Gasteiger partial charge in [-0.15, -0.1) is 11.3 Å². The third kappa shape index (κ3) is 3.15. The van der Waals surface area contributed by atoms with Gasteiger partial charge in [-0.05, 0) is 24.3 Å². The fraction of sp³-hybridized carbons (Fsp3) is 0.133. The minimum atomic E-state index is -0.123. The molecule has 0 fully saturated rings. The van der Waals surface area contributed by atoms with Crippen LogP contribution in [0.15, 0.2) is 46.7 Å². The van der Waals surface area contributed by atoms with Crippen LogP contribution >= 0.6 is 11.3 Å². The first-order valence-electron chi connectivity index (χ1n) is 6.58. The number of anilines is 1. The Kier molecular flexibility index (Phi) is 3.88. The Hall–Kier alpha value is -2.67. The molecule has 0 aliphatic rings. The molecule has 0 atom stereocenters. The lowest BCUT2D eigenvalue weighted by Gasteiger charge is -2.07. The third-order valence-electron chi connectivity index (χ3n) is 2.92. The smallest absolute Gasteiger partial charge is 0.258 e. The average molecular weight is 315 g/mol. The molecule has 0 saturated carbocycles. The number of carbonyl (C=O) groups excluding carboxylic acids is 1. The summed E-state index contributed by atoms with van der Waals surface area (Å²) in [7, 11) is 0. The van der Waals surface area contributed by atoms with Gasteiger partial charge in [0.1, 0.15) is 12.4 Å². The summed E-state index contributed by atoms with van der Waals surface area (Å²) >= 11 is 1.40. The molecule has 0 unspecified atom stereocenters. The molecular formula is C15H13N3O3S. The van der Waals surface area contributed by atoms with Crippen molar-refractivity contribution in [2.45, 2.75) is 13.5 Å². The number of hydrogen-bond donors (Lipinski definition) is 1. The van der Waals surface area contributed by atoms with Crippen molar-refractivity contribution < 1.29 is 9.53 Å². The topological polar surface area (TPSA) is 72.7 Å². The summed E-state index contributed by atoms with van der Waals surface area (Å²) in [6.07, 6.45) is 1.70. The predicted molar refractivity (Wildman–Crippen MR) is 84.4 cm³/mol. The maximum Gasteiger partial charge on any atom is 0.258 e. The number of nitrogens with zero attached hydrogens (tertiary/aromatic N) is 2. The van der Waals surface area contributed by atoms with Gasteiger partial charge in [0.25, 0.3) is 5.56 Å². The lowest BCUT2D eigenvalue weighted by molar-refractivity contribution is -0.114. The number of fused-ring (bicyclic) bond motifs is 1. The summed E-state index contributed by atoms with van der Waals surface area (Å²) in [5, 5.41) is 4.50. The van der Waals surface area contributed by atoms with E-state index in [1.807, 2.05) is 5.38 Å². The summed E-state index contributed by atoms with van der Waals surface area (Å²) in [6, 6.07) is 8.47. The molecular weight excluding hydrogens is 302 g/mol. The van der Waals surface area contributed by atoms with Crippen molar-refractivity contribution in [3.8, 4) is 5.75 Å². The number of rotatable bonds is 4. The second kappa shape index (κ2) is 5.98. The molecule has 0 saturated heterocycles. The molecule has 1 aromatic carbocycles. The Balaban J connectivity index is 1.70. The molecule has 0 radical (unpaired) electrons. The van der Waals surface area contributed by atoms with Gasteiger partial charge in [-0.2, -0.15) is 0 Å². The first-order valence-corrected chi connectivity index (χ1v) is 7.46. The fourth-order valence-electron chi connectivity index (χ4n) is 1.96. The predicted octanol–water partition coefficient (Wildman–Crippen LogP) is 2.29. The van der Waals surface area contributed by atoms with E-state index in [1.165, 1.54) is 28.7 Å². The lowest BCUT2D eigenvalue weighted by atomic mass is 10.3. The number of thiazole rings is 1. The highest BCUT2D eigenvalue weighted by Crippen LogP contribution is 2.17. The van der Waals surface area contributed by atoms with Gasteiger partial charge in [0.2, 0.25) is 5.91 Å². The molecule has 3 rings (SSSR count). The number of hydrogen-bond acceptors (Lipinski definition) is 5. The van der Waals surface area contributed by atoms with E-state index in [1.54, 1.807) is 30.5 Å². The summed E-state index contributed by atoms with van der Waals surface area (Å²) in [4.78, 5) is 27.8. The van der Waals surface area contributed by atoms with E-state index in [2.05, 4.69) is 10.3 Å². The Labute approximate surface area is 130 Å². The molecule has 0 aliphatic heterocycles. The van der Waals surface area contributed by atoms with Crippen LogP contribution < -0.4 is 15.6 Å².